The second-order valence-electron chi connectivity index (χ2n) is 9.40. The molecule has 1 fully saturated rings. The minimum Gasteiger partial charge on any atom is -0.497 e. The van der Waals surface area contributed by atoms with Gasteiger partial charge >= 0.3 is 0 Å². The van der Waals surface area contributed by atoms with Crippen LogP contribution in [0.25, 0.3) is 0 Å². The van der Waals surface area contributed by atoms with Crippen LogP contribution in [0.2, 0.25) is 5.02 Å². The standard InChI is InChI=1S/C28H30ClN3O5S/c1-36-23-9-11-24(12-10-23)38(34,35)32-19-27(37-26-13-8-22(29)16-25(26)32)28(33)30-17-20-6-2-3-7-21(20)18-31-14-4-5-15-31/h2-3,6-13,16,27H,4-5,14-15,17-19H2,1H3,(H,30,33)/t27-/m1/s1. The lowest BCUT2D eigenvalue weighted by atomic mass is 10.1. The molecule has 0 saturated carbocycles. The molecule has 2 heterocycles. The van der Waals surface area contributed by atoms with E-state index in [0.717, 1.165) is 25.2 Å². The third-order valence-corrected chi connectivity index (χ3v) is 8.92. The Hall–Kier alpha value is -3.27. The van der Waals surface area contributed by atoms with Gasteiger partial charge in [-0.15, -0.1) is 0 Å². The molecule has 0 bridgehead atoms. The first-order chi connectivity index (χ1) is 18.3. The van der Waals surface area contributed by atoms with Gasteiger partial charge in [0.15, 0.2) is 6.10 Å². The number of carbonyl (C=O) groups excluding carboxylic acids is 1. The number of ether oxygens (including phenoxy) is 2. The van der Waals surface area contributed by atoms with E-state index in [0.29, 0.717) is 17.3 Å². The molecule has 1 amide bonds. The van der Waals surface area contributed by atoms with Gasteiger partial charge in [-0.3, -0.25) is 14.0 Å². The van der Waals surface area contributed by atoms with Crippen LogP contribution >= 0.6 is 11.6 Å². The molecule has 0 unspecified atom stereocenters. The lowest BCUT2D eigenvalue weighted by Gasteiger charge is -2.35. The zero-order chi connectivity index (χ0) is 26.7. The topological polar surface area (TPSA) is 88.2 Å². The molecule has 10 heteroatoms. The Kier molecular flexibility index (Phi) is 7.78. The van der Waals surface area contributed by atoms with Crippen LogP contribution in [-0.4, -0.2) is 52.1 Å². The van der Waals surface area contributed by atoms with Crippen molar-refractivity contribution in [2.45, 2.75) is 36.9 Å². The fourth-order valence-corrected chi connectivity index (χ4v) is 6.46. The monoisotopic (exact) mass is 555 g/mol. The molecule has 5 rings (SSSR count). The maximum absolute atomic E-state index is 13.7. The Morgan fingerprint density at radius 1 is 1.05 bits per heavy atom. The summed E-state index contributed by atoms with van der Waals surface area (Å²) in [6.07, 6.45) is 1.38. The number of halogens is 1. The number of sulfonamides is 1. The molecule has 2 aliphatic heterocycles. The molecule has 0 radical (unpaired) electrons. The van der Waals surface area contributed by atoms with Gasteiger partial charge in [0.2, 0.25) is 0 Å². The van der Waals surface area contributed by atoms with Crippen molar-refractivity contribution in [2.24, 2.45) is 0 Å². The number of nitrogens with one attached hydrogen (secondary N) is 1. The second kappa shape index (κ2) is 11.2. The zero-order valence-electron chi connectivity index (χ0n) is 21.1. The number of fused-ring (bicyclic) bond motifs is 1. The van der Waals surface area contributed by atoms with Gasteiger partial charge in [-0.25, -0.2) is 8.42 Å². The molecule has 1 N–H and O–H groups in total. The third-order valence-electron chi connectivity index (χ3n) is 6.89. The van der Waals surface area contributed by atoms with E-state index < -0.39 is 22.0 Å². The van der Waals surface area contributed by atoms with Crippen LogP contribution in [0, 0.1) is 0 Å². The highest BCUT2D eigenvalue weighted by Crippen LogP contribution is 2.39. The molecule has 38 heavy (non-hydrogen) atoms. The van der Waals surface area contributed by atoms with E-state index in [9.17, 15) is 13.2 Å². The van der Waals surface area contributed by atoms with Crippen molar-refractivity contribution in [3.63, 3.8) is 0 Å². The van der Waals surface area contributed by atoms with Gasteiger partial charge in [0, 0.05) is 18.1 Å². The quantitative estimate of drug-likeness (QED) is 0.448. The molecule has 200 valence electrons. The number of likely N-dealkylation sites (tertiary alicyclic amines) is 1. The average molecular weight is 556 g/mol. The molecular weight excluding hydrogens is 526 g/mol. The highest BCUT2D eigenvalue weighted by Gasteiger charge is 2.37. The summed E-state index contributed by atoms with van der Waals surface area (Å²) >= 11 is 6.19. The maximum Gasteiger partial charge on any atom is 0.264 e. The number of hydrogen-bond donors (Lipinski definition) is 1. The number of rotatable bonds is 8. The molecule has 2 aliphatic rings. The zero-order valence-corrected chi connectivity index (χ0v) is 22.7. The summed E-state index contributed by atoms with van der Waals surface area (Å²) in [5.74, 6) is 0.417. The van der Waals surface area contributed by atoms with Crippen LogP contribution in [0.5, 0.6) is 11.5 Å². The summed E-state index contributed by atoms with van der Waals surface area (Å²) in [6, 6.07) is 18.9. The number of benzene rings is 3. The largest absolute Gasteiger partial charge is 0.497 e. The van der Waals surface area contributed by atoms with Crippen LogP contribution < -0.4 is 19.1 Å². The summed E-state index contributed by atoms with van der Waals surface area (Å²) in [6.45, 7) is 3.13. The summed E-state index contributed by atoms with van der Waals surface area (Å²) in [5, 5.41) is 3.32. The number of nitrogens with zero attached hydrogens (tertiary/aromatic N) is 2. The molecular formula is C28H30ClN3O5S. The second-order valence-corrected chi connectivity index (χ2v) is 11.7. The first kappa shape index (κ1) is 26.3. The predicted molar refractivity (Wildman–Crippen MR) is 146 cm³/mol. The highest BCUT2D eigenvalue weighted by molar-refractivity contribution is 7.92. The van der Waals surface area contributed by atoms with E-state index >= 15 is 0 Å². The van der Waals surface area contributed by atoms with Crippen LogP contribution in [0.15, 0.2) is 71.6 Å². The van der Waals surface area contributed by atoms with Crippen LogP contribution in [0.3, 0.4) is 0 Å². The number of methoxy groups -OCH3 is 1. The van der Waals surface area contributed by atoms with E-state index in [1.54, 1.807) is 24.3 Å². The van der Waals surface area contributed by atoms with Gasteiger partial charge in [0.25, 0.3) is 15.9 Å². The maximum atomic E-state index is 13.7. The molecule has 0 spiro atoms. The average Bonchev–Trinajstić information content (AvgIpc) is 3.45. The molecule has 1 atom stereocenters. The van der Waals surface area contributed by atoms with Crippen molar-refractivity contribution in [1.82, 2.24) is 10.2 Å². The van der Waals surface area contributed by atoms with Gasteiger partial charge in [0.1, 0.15) is 11.5 Å². The van der Waals surface area contributed by atoms with Crippen LogP contribution in [0.1, 0.15) is 24.0 Å². The van der Waals surface area contributed by atoms with E-state index in [-0.39, 0.29) is 22.9 Å². The normalized spacial score (nSPS) is 17.5. The minimum absolute atomic E-state index is 0.0705. The van der Waals surface area contributed by atoms with Crippen molar-refractivity contribution in [3.8, 4) is 11.5 Å². The fourth-order valence-electron chi connectivity index (χ4n) is 4.83. The number of amides is 1. The minimum atomic E-state index is -4.02. The summed E-state index contributed by atoms with van der Waals surface area (Å²) in [7, 11) is -2.51. The Bertz CT molecular complexity index is 1410. The molecule has 3 aromatic carbocycles. The molecule has 3 aromatic rings. The van der Waals surface area contributed by atoms with E-state index in [4.69, 9.17) is 21.1 Å². The van der Waals surface area contributed by atoms with Crippen molar-refractivity contribution in [2.75, 3.05) is 31.0 Å². The summed E-state index contributed by atoms with van der Waals surface area (Å²) in [5.41, 5.74) is 2.48. The van der Waals surface area contributed by atoms with E-state index in [1.165, 1.54) is 48.0 Å². The Labute approximate surface area is 228 Å². The van der Waals surface area contributed by atoms with Crippen molar-refractivity contribution in [1.29, 1.82) is 0 Å². The van der Waals surface area contributed by atoms with Crippen molar-refractivity contribution in [3.05, 3.63) is 82.9 Å². The van der Waals surface area contributed by atoms with Crippen LogP contribution in [0.4, 0.5) is 5.69 Å². The number of hydrogen-bond acceptors (Lipinski definition) is 6. The molecule has 0 aliphatic carbocycles. The van der Waals surface area contributed by atoms with E-state index in [1.807, 2.05) is 18.2 Å². The lowest BCUT2D eigenvalue weighted by molar-refractivity contribution is -0.127. The van der Waals surface area contributed by atoms with E-state index in [2.05, 4.69) is 16.3 Å². The number of carbonyl (C=O) groups is 1. The van der Waals surface area contributed by atoms with Gasteiger partial charge in [-0.1, -0.05) is 35.9 Å². The molecule has 1 saturated heterocycles. The molecule has 8 nitrogen and oxygen atoms in total. The van der Waals surface area contributed by atoms with Gasteiger partial charge in [-0.05, 0) is 79.5 Å². The summed E-state index contributed by atoms with van der Waals surface area (Å²) in [4.78, 5) is 15.8. The lowest BCUT2D eigenvalue weighted by Crippen LogP contribution is -2.50. The SMILES string of the molecule is COc1ccc(S(=O)(=O)N2C[C@H](C(=O)NCc3ccccc3CN3CCCC3)Oc3ccc(Cl)cc32)cc1. The van der Waals surface area contributed by atoms with Crippen LogP contribution in [-0.2, 0) is 27.9 Å². The summed E-state index contributed by atoms with van der Waals surface area (Å²) < 4.78 is 39.6. The number of anilines is 1. The third kappa shape index (κ3) is 5.60. The smallest absolute Gasteiger partial charge is 0.264 e. The van der Waals surface area contributed by atoms with Crippen molar-refractivity contribution < 1.29 is 22.7 Å². The predicted octanol–water partition coefficient (Wildman–Crippen LogP) is 4.22. The highest BCUT2D eigenvalue weighted by atomic mass is 35.5. The van der Waals surface area contributed by atoms with Gasteiger partial charge in [0.05, 0.1) is 24.2 Å². The Morgan fingerprint density at radius 2 is 1.76 bits per heavy atom. The first-order valence-electron chi connectivity index (χ1n) is 12.5. The van der Waals surface area contributed by atoms with Gasteiger partial charge in [-0.2, -0.15) is 0 Å². The van der Waals surface area contributed by atoms with Gasteiger partial charge < -0.3 is 14.8 Å². The first-order valence-corrected chi connectivity index (χ1v) is 14.4. The Morgan fingerprint density at radius 3 is 2.47 bits per heavy atom. The fraction of sp³-hybridized carbons (Fsp3) is 0.321. The Balaban J connectivity index is 1.36. The molecule has 0 aromatic heterocycles. The van der Waals surface area contributed by atoms with Crippen molar-refractivity contribution >= 4 is 33.2 Å².